The Morgan fingerprint density at radius 3 is 2.54 bits per heavy atom. The van der Waals surface area contributed by atoms with Gasteiger partial charge in [-0.2, -0.15) is 0 Å². The average molecular weight is 376 g/mol. The van der Waals surface area contributed by atoms with E-state index in [4.69, 9.17) is 0 Å². The predicted octanol–water partition coefficient (Wildman–Crippen LogP) is 2.87. The van der Waals surface area contributed by atoms with Gasteiger partial charge in [0, 0.05) is 5.69 Å². The quantitative estimate of drug-likeness (QED) is 0.796. The van der Waals surface area contributed by atoms with Gasteiger partial charge < -0.3 is 5.32 Å². The van der Waals surface area contributed by atoms with Crippen LogP contribution in [0.5, 0.6) is 0 Å². The van der Waals surface area contributed by atoms with Crippen LogP contribution in [-0.4, -0.2) is 37.4 Å². The number of urea groups is 1. The molecule has 1 aromatic carbocycles. The van der Waals surface area contributed by atoms with Gasteiger partial charge in [-0.15, -0.1) is 5.10 Å². The van der Waals surface area contributed by atoms with Gasteiger partial charge in [0.25, 0.3) is 0 Å². The highest BCUT2D eigenvalue weighted by Gasteiger charge is 2.25. The Balaban J connectivity index is 1.96. The van der Waals surface area contributed by atoms with Crippen molar-refractivity contribution in [1.82, 2.24) is 25.5 Å². The van der Waals surface area contributed by atoms with Crippen LogP contribution in [0, 0.1) is 13.8 Å². The molecule has 0 spiro atoms. The second-order valence-electron chi connectivity index (χ2n) is 7.07. The molecule has 2 N–H and O–H groups in total. The molecule has 140 valence electrons. The molecule has 0 saturated carbocycles. The van der Waals surface area contributed by atoms with Crippen molar-refractivity contribution >= 4 is 29.4 Å². The van der Waals surface area contributed by atoms with Gasteiger partial charge in [0.15, 0.2) is 0 Å². The van der Waals surface area contributed by atoms with Crippen molar-refractivity contribution in [3.63, 3.8) is 0 Å². The lowest BCUT2D eigenvalue weighted by atomic mass is 10.1. The predicted molar refractivity (Wildman–Crippen MR) is 101 cm³/mol. The van der Waals surface area contributed by atoms with E-state index in [9.17, 15) is 9.59 Å². The van der Waals surface area contributed by atoms with Crippen LogP contribution in [-0.2, 0) is 10.3 Å². The molecule has 1 atom stereocenters. The van der Waals surface area contributed by atoms with E-state index in [2.05, 4.69) is 26.2 Å². The Labute approximate surface area is 157 Å². The lowest BCUT2D eigenvalue weighted by molar-refractivity contribution is -0.119. The molecule has 0 aliphatic carbocycles. The van der Waals surface area contributed by atoms with Crippen LogP contribution < -0.4 is 10.6 Å². The van der Waals surface area contributed by atoms with E-state index in [1.165, 1.54) is 11.8 Å². The molecule has 0 saturated heterocycles. The summed E-state index contributed by atoms with van der Waals surface area (Å²) in [5, 5.41) is 16.6. The summed E-state index contributed by atoms with van der Waals surface area (Å²) in [6.07, 6.45) is 0. The summed E-state index contributed by atoms with van der Waals surface area (Å²) in [6.45, 7) is 11.5. The summed E-state index contributed by atoms with van der Waals surface area (Å²) in [5.41, 5.74) is 2.39. The van der Waals surface area contributed by atoms with Gasteiger partial charge in [-0.1, -0.05) is 29.5 Å². The summed E-state index contributed by atoms with van der Waals surface area (Å²) in [7, 11) is 0. The first-order chi connectivity index (χ1) is 12.1. The van der Waals surface area contributed by atoms with Crippen molar-refractivity contribution in [2.24, 2.45) is 0 Å². The first kappa shape index (κ1) is 19.9. The Bertz CT molecular complexity index is 812. The molecule has 2 rings (SSSR count). The first-order valence-electron chi connectivity index (χ1n) is 8.22. The zero-order valence-electron chi connectivity index (χ0n) is 15.8. The van der Waals surface area contributed by atoms with Gasteiger partial charge in [-0.05, 0) is 63.6 Å². The number of anilines is 1. The fourth-order valence-electron chi connectivity index (χ4n) is 2.21. The van der Waals surface area contributed by atoms with Crippen LogP contribution in [0.4, 0.5) is 10.5 Å². The van der Waals surface area contributed by atoms with Gasteiger partial charge in [0.05, 0.1) is 10.8 Å². The lowest BCUT2D eigenvalue weighted by Crippen LogP contribution is -2.39. The number of imide groups is 1. The smallest absolute Gasteiger partial charge is 0.307 e. The van der Waals surface area contributed by atoms with Crippen molar-refractivity contribution in [2.75, 3.05) is 5.32 Å². The maximum absolute atomic E-state index is 12.3. The number of nitrogens with zero attached hydrogens (tertiary/aromatic N) is 4. The second kappa shape index (κ2) is 7.86. The van der Waals surface area contributed by atoms with Gasteiger partial charge in [-0.3, -0.25) is 10.1 Å². The number of carbonyl (C=O) groups is 2. The lowest BCUT2D eigenvalue weighted by Gasteiger charge is -2.20. The number of thioether (sulfide) groups is 1. The van der Waals surface area contributed by atoms with E-state index in [1.807, 2.05) is 52.8 Å². The average Bonchev–Trinajstić information content (AvgIpc) is 2.98. The fraction of sp³-hybridized carbons (Fsp3) is 0.471. The monoisotopic (exact) mass is 376 g/mol. The van der Waals surface area contributed by atoms with Crippen molar-refractivity contribution in [3.8, 4) is 0 Å². The van der Waals surface area contributed by atoms with E-state index in [1.54, 1.807) is 11.6 Å². The molecule has 8 nitrogen and oxygen atoms in total. The molecule has 2 aromatic rings. The minimum absolute atomic E-state index is 0.303. The number of aryl methyl sites for hydroxylation is 2. The van der Waals surface area contributed by atoms with E-state index >= 15 is 0 Å². The summed E-state index contributed by atoms with van der Waals surface area (Å²) >= 11 is 1.20. The normalized spacial score (nSPS) is 12.5. The number of benzene rings is 1. The van der Waals surface area contributed by atoms with Crippen LogP contribution >= 0.6 is 11.8 Å². The largest absolute Gasteiger partial charge is 0.325 e. The summed E-state index contributed by atoms with van der Waals surface area (Å²) in [6, 6.07) is 5.10. The molecule has 0 radical (unpaired) electrons. The van der Waals surface area contributed by atoms with Crippen LogP contribution in [0.2, 0.25) is 0 Å². The molecule has 26 heavy (non-hydrogen) atoms. The maximum atomic E-state index is 12.3. The molecule has 0 aliphatic heterocycles. The molecule has 9 heteroatoms. The standard InChI is InChI=1S/C17H24N6O2S/c1-10-7-8-13(11(2)9-10)18-15(25)19-14(24)12(3)26-16-20-21-22-23(16)17(4,5)6/h7-9,12H,1-6H3,(H2,18,19,24,25). The highest BCUT2D eigenvalue weighted by molar-refractivity contribution is 8.00. The van der Waals surface area contributed by atoms with E-state index in [0.717, 1.165) is 11.1 Å². The van der Waals surface area contributed by atoms with Crippen molar-refractivity contribution in [3.05, 3.63) is 29.3 Å². The zero-order valence-corrected chi connectivity index (χ0v) is 16.6. The summed E-state index contributed by atoms with van der Waals surface area (Å²) < 4.78 is 1.65. The summed E-state index contributed by atoms with van der Waals surface area (Å²) in [4.78, 5) is 24.4. The van der Waals surface area contributed by atoms with Crippen molar-refractivity contribution in [2.45, 2.75) is 57.5 Å². The first-order valence-corrected chi connectivity index (χ1v) is 9.10. The third-order valence-electron chi connectivity index (χ3n) is 3.59. The van der Waals surface area contributed by atoms with Gasteiger partial charge in [0.1, 0.15) is 0 Å². The molecule has 1 aromatic heterocycles. The number of tetrazole rings is 1. The zero-order chi connectivity index (χ0) is 19.5. The second-order valence-corrected chi connectivity index (χ2v) is 8.37. The number of hydrogen-bond acceptors (Lipinski definition) is 6. The SMILES string of the molecule is Cc1ccc(NC(=O)NC(=O)C(C)Sc2nnnn2C(C)(C)C)c(C)c1. The number of hydrogen-bond donors (Lipinski definition) is 2. The summed E-state index contributed by atoms with van der Waals surface area (Å²) in [5.74, 6) is -0.416. The molecular weight excluding hydrogens is 352 g/mol. The minimum atomic E-state index is -0.565. The third-order valence-corrected chi connectivity index (χ3v) is 4.63. The van der Waals surface area contributed by atoms with E-state index in [-0.39, 0.29) is 5.54 Å². The van der Waals surface area contributed by atoms with Crippen molar-refractivity contribution < 1.29 is 9.59 Å². The van der Waals surface area contributed by atoms with Crippen molar-refractivity contribution in [1.29, 1.82) is 0 Å². The highest BCUT2D eigenvalue weighted by atomic mass is 32.2. The Morgan fingerprint density at radius 1 is 1.23 bits per heavy atom. The topological polar surface area (TPSA) is 102 Å². The van der Waals surface area contributed by atoms with Gasteiger partial charge in [0.2, 0.25) is 11.1 Å². The molecule has 0 bridgehead atoms. The Hall–Kier alpha value is -2.42. The number of nitrogens with one attached hydrogen (secondary N) is 2. The molecule has 0 fully saturated rings. The number of aromatic nitrogens is 4. The van der Waals surface area contributed by atoms with Crippen LogP contribution in [0.25, 0.3) is 0 Å². The van der Waals surface area contributed by atoms with Crippen LogP contribution in [0.1, 0.15) is 38.8 Å². The molecule has 0 aliphatic rings. The highest BCUT2D eigenvalue weighted by Crippen LogP contribution is 2.25. The maximum Gasteiger partial charge on any atom is 0.325 e. The van der Waals surface area contributed by atoms with Crippen LogP contribution in [0.15, 0.2) is 23.4 Å². The molecular formula is C17H24N6O2S. The van der Waals surface area contributed by atoms with Gasteiger partial charge >= 0.3 is 6.03 Å². The molecule has 1 heterocycles. The van der Waals surface area contributed by atoms with E-state index < -0.39 is 17.2 Å². The number of amides is 3. The fourth-order valence-corrected chi connectivity index (χ4v) is 3.18. The minimum Gasteiger partial charge on any atom is -0.307 e. The Morgan fingerprint density at radius 2 is 1.92 bits per heavy atom. The molecule has 3 amide bonds. The van der Waals surface area contributed by atoms with Crippen LogP contribution in [0.3, 0.4) is 0 Å². The Kier molecular flexibility index (Phi) is 6.01. The molecule has 1 unspecified atom stereocenters. The van der Waals surface area contributed by atoms with Gasteiger partial charge in [-0.25, -0.2) is 9.48 Å². The van der Waals surface area contributed by atoms with E-state index in [0.29, 0.717) is 10.8 Å². The number of rotatable bonds is 4. The third kappa shape index (κ3) is 5.04. The number of carbonyl (C=O) groups excluding carboxylic acids is 2.